The largest absolute Gasteiger partial charge is 0.389 e. The number of likely N-dealkylation sites (N-methyl/N-ethyl adjacent to an activating group) is 1. The predicted octanol–water partition coefficient (Wildman–Crippen LogP) is 2.99. The van der Waals surface area contributed by atoms with Crippen molar-refractivity contribution in [2.24, 2.45) is 0 Å². The van der Waals surface area contributed by atoms with Crippen LogP contribution in [0.2, 0.25) is 0 Å². The summed E-state index contributed by atoms with van der Waals surface area (Å²) in [6.45, 7) is 3.89. The van der Waals surface area contributed by atoms with Crippen molar-refractivity contribution in [3.05, 3.63) is 35.4 Å². The Morgan fingerprint density at radius 1 is 1.11 bits per heavy atom. The molecule has 2 nitrogen and oxygen atoms in total. The van der Waals surface area contributed by atoms with Crippen LogP contribution in [-0.4, -0.2) is 29.2 Å². The number of nitrogens with zero attached hydrogens (tertiary/aromatic N) is 1. The standard InChI is InChI=1S/C16H25NO/c1-3-14-6-8-15(9-7-14)12-17(2)13-16(18)10-4-5-11-16/h6-9,18H,3-5,10-13H2,1-2H3. The molecule has 1 aliphatic rings. The highest BCUT2D eigenvalue weighted by atomic mass is 16.3. The van der Waals surface area contributed by atoms with E-state index in [1.165, 1.54) is 24.0 Å². The molecule has 100 valence electrons. The molecule has 2 rings (SSSR count). The van der Waals surface area contributed by atoms with Gasteiger partial charge in [-0.2, -0.15) is 0 Å². The second-order valence-electron chi connectivity index (χ2n) is 5.77. The van der Waals surface area contributed by atoms with Crippen LogP contribution in [0.25, 0.3) is 0 Å². The SMILES string of the molecule is CCc1ccc(CN(C)CC2(O)CCCC2)cc1. The molecule has 1 saturated carbocycles. The van der Waals surface area contributed by atoms with Gasteiger partial charge in [-0.3, -0.25) is 4.90 Å². The van der Waals surface area contributed by atoms with Crippen LogP contribution in [0.4, 0.5) is 0 Å². The molecule has 0 amide bonds. The van der Waals surface area contributed by atoms with E-state index in [9.17, 15) is 5.11 Å². The lowest BCUT2D eigenvalue weighted by Crippen LogP contribution is -2.38. The molecule has 0 spiro atoms. The molecule has 0 aromatic heterocycles. The lowest BCUT2D eigenvalue weighted by molar-refractivity contribution is 0.0145. The van der Waals surface area contributed by atoms with Crippen molar-refractivity contribution >= 4 is 0 Å². The highest BCUT2D eigenvalue weighted by molar-refractivity contribution is 5.22. The molecule has 1 aromatic carbocycles. The van der Waals surface area contributed by atoms with Gasteiger partial charge in [0.15, 0.2) is 0 Å². The molecular formula is C16H25NO. The Bertz CT molecular complexity index is 365. The zero-order chi connectivity index (χ0) is 13.0. The minimum Gasteiger partial charge on any atom is -0.389 e. The minimum atomic E-state index is -0.432. The molecule has 18 heavy (non-hydrogen) atoms. The van der Waals surface area contributed by atoms with Crippen molar-refractivity contribution in [2.75, 3.05) is 13.6 Å². The van der Waals surface area contributed by atoms with Crippen LogP contribution in [0, 0.1) is 0 Å². The third-order valence-corrected chi connectivity index (χ3v) is 3.98. The number of benzene rings is 1. The van der Waals surface area contributed by atoms with Crippen LogP contribution in [0.3, 0.4) is 0 Å². The van der Waals surface area contributed by atoms with E-state index in [1.54, 1.807) is 0 Å². The lowest BCUT2D eigenvalue weighted by Gasteiger charge is -2.28. The summed E-state index contributed by atoms with van der Waals surface area (Å²) in [7, 11) is 2.10. The maximum Gasteiger partial charge on any atom is 0.0774 e. The van der Waals surface area contributed by atoms with Crippen LogP contribution in [0.5, 0.6) is 0 Å². The van der Waals surface area contributed by atoms with Gasteiger partial charge in [-0.25, -0.2) is 0 Å². The fourth-order valence-corrected chi connectivity index (χ4v) is 2.94. The molecule has 0 bridgehead atoms. The van der Waals surface area contributed by atoms with Gasteiger partial charge in [-0.05, 0) is 37.4 Å². The molecule has 0 heterocycles. The first-order chi connectivity index (χ1) is 8.61. The molecular weight excluding hydrogens is 222 g/mol. The van der Waals surface area contributed by atoms with E-state index in [-0.39, 0.29) is 0 Å². The van der Waals surface area contributed by atoms with Gasteiger partial charge < -0.3 is 5.11 Å². The number of aryl methyl sites for hydroxylation is 1. The fourth-order valence-electron chi connectivity index (χ4n) is 2.94. The molecule has 0 radical (unpaired) electrons. The highest BCUT2D eigenvalue weighted by Gasteiger charge is 2.31. The monoisotopic (exact) mass is 247 g/mol. The van der Waals surface area contributed by atoms with Gasteiger partial charge in [-0.1, -0.05) is 44.0 Å². The van der Waals surface area contributed by atoms with E-state index in [4.69, 9.17) is 0 Å². The van der Waals surface area contributed by atoms with Crippen molar-refractivity contribution in [3.63, 3.8) is 0 Å². The summed E-state index contributed by atoms with van der Waals surface area (Å²) in [5, 5.41) is 10.4. The third-order valence-electron chi connectivity index (χ3n) is 3.98. The average molecular weight is 247 g/mol. The number of aliphatic hydroxyl groups is 1. The molecule has 0 unspecified atom stereocenters. The second-order valence-corrected chi connectivity index (χ2v) is 5.77. The first kappa shape index (κ1) is 13.6. The number of hydrogen-bond donors (Lipinski definition) is 1. The van der Waals surface area contributed by atoms with E-state index in [0.717, 1.165) is 32.4 Å². The predicted molar refractivity (Wildman–Crippen MR) is 75.6 cm³/mol. The summed E-state index contributed by atoms with van der Waals surface area (Å²) >= 11 is 0. The molecule has 2 heteroatoms. The van der Waals surface area contributed by atoms with Crippen molar-refractivity contribution < 1.29 is 5.11 Å². The van der Waals surface area contributed by atoms with Gasteiger partial charge in [0.05, 0.1) is 5.60 Å². The van der Waals surface area contributed by atoms with Gasteiger partial charge in [0.2, 0.25) is 0 Å². The van der Waals surface area contributed by atoms with Crippen molar-refractivity contribution in [3.8, 4) is 0 Å². The van der Waals surface area contributed by atoms with Crippen LogP contribution in [0.15, 0.2) is 24.3 Å². The molecule has 0 atom stereocenters. The van der Waals surface area contributed by atoms with Crippen LogP contribution in [-0.2, 0) is 13.0 Å². The van der Waals surface area contributed by atoms with E-state index in [1.807, 2.05) is 0 Å². The average Bonchev–Trinajstić information content (AvgIpc) is 2.76. The highest BCUT2D eigenvalue weighted by Crippen LogP contribution is 2.30. The summed E-state index contributed by atoms with van der Waals surface area (Å²) in [6, 6.07) is 8.81. The van der Waals surface area contributed by atoms with Gasteiger partial charge in [-0.15, -0.1) is 0 Å². The van der Waals surface area contributed by atoms with Crippen LogP contribution >= 0.6 is 0 Å². The number of rotatable bonds is 5. The Hall–Kier alpha value is -0.860. The van der Waals surface area contributed by atoms with Gasteiger partial charge in [0.1, 0.15) is 0 Å². The summed E-state index contributed by atoms with van der Waals surface area (Å²) < 4.78 is 0. The van der Waals surface area contributed by atoms with E-state index in [2.05, 4.69) is 43.1 Å². The number of hydrogen-bond acceptors (Lipinski definition) is 2. The van der Waals surface area contributed by atoms with Gasteiger partial charge in [0, 0.05) is 13.1 Å². The molecule has 1 aromatic rings. The normalized spacial score (nSPS) is 18.4. The molecule has 0 saturated heterocycles. The van der Waals surface area contributed by atoms with Gasteiger partial charge in [0.25, 0.3) is 0 Å². The van der Waals surface area contributed by atoms with Crippen LogP contribution < -0.4 is 0 Å². The Balaban J connectivity index is 1.88. The fraction of sp³-hybridized carbons (Fsp3) is 0.625. The third kappa shape index (κ3) is 3.56. The van der Waals surface area contributed by atoms with E-state index in [0.29, 0.717) is 0 Å². The van der Waals surface area contributed by atoms with Crippen molar-refractivity contribution in [1.82, 2.24) is 4.90 Å². The summed E-state index contributed by atoms with van der Waals surface area (Å²) in [6.07, 6.45) is 5.37. The first-order valence-corrected chi connectivity index (χ1v) is 7.10. The molecule has 1 N–H and O–H groups in total. The van der Waals surface area contributed by atoms with E-state index < -0.39 is 5.60 Å². The zero-order valence-corrected chi connectivity index (χ0v) is 11.7. The maximum atomic E-state index is 10.4. The van der Waals surface area contributed by atoms with Crippen LogP contribution in [0.1, 0.15) is 43.7 Å². The Morgan fingerprint density at radius 3 is 2.22 bits per heavy atom. The Morgan fingerprint density at radius 2 is 1.67 bits per heavy atom. The quantitative estimate of drug-likeness (QED) is 0.864. The van der Waals surface area contributed by atoms with Gasteiger partial charge >= 0.3 is 0 Å². The summed E-state index contributed by atoms with van der Waals surface area (Å²) in [5.74, 6) is 0. The molecule has 1 aliphatic carbocycles. The lowest BCUT2D eigenvalue weighted by atomic mass is 10.0. The van der Waals surface area contributed by atoms with Crippen molar-refractivity contribution in [1.29, 1.82) is 0 Å². The summed E-state index contributed by atoms with van der Waals surface area (Å²) in [5.41, 5.74) is 2.28. The Kier molecular flexibility index (Phi) is 4.41. The smallest absolute Gasteiger partial charge is 0.0774 e. The molecule has 0 aliphatic heterocycles. The molecule has 1 fully saturated rings. The minimum absolute atomic E-state index is 0.432. The second kappa shape index (κ2) is 5.85. The first-order valence-electron chi connectivity index (χ1n) is 7.10. The topological polar surface area (TPSA) is 23.5 Å². The summed E-state index contributed by atoms with van der Waals surface area (Å²) in [4.78, 5) is 2.24. The Labute approximate surface area is 111 Å². The maximum absolute atomic E-state index is 10.4. The zero-order valence-electron chi connectivity index (χ0n) is 11.7. The van der Waals surface area contributed by atoms with Crippen molar-refractivity contribution in [2.45, 2.75) is 51.2 Å². The van der Waals surface area contributed by atoms with E-state index >= 15 is 0 Å².